The predicted octanol–water partition coefficient (Wildman–Crippen LogP) is 3.86. The van der Waals surface area contributed by atoms with Crippen LogP contribution in [0.2, 0.25) is 0 Å². The minimum Gasteiger partial charge on any atom is -0.398 e. The average molecular weight is 277 g/mol. The summed E-state index contributed by atoms with van der Waals surface area (Å²) in [5.41, 5.74) is 10.1. The van der Waals surface area contributed by atoms with Crippen molar-refractivity contribution in [3.05, 3.63) is 66.4 Å². The van der Waals surface area contributed by atoms with Gasteiger partial charge in [-0.1, -0.05) is 30.3 Å². The van der Waals surface area contributed by atoms with Crippen LogP contribution in [0.1, 0.15) is 12.5 Å². The monoisotopic (exact) mass is 277 g/mol. The van der Waals surface area contributed by atoms with Crippen molar-refractivity contribution in [1.29, 1.82) is 0 Å². The standard InChI is InChI=1S/C18H19N3/c1-13(12-14-6-3-2-4-7-14)21-17-10-9-16(19)15-8-5-11-20-18(15)17/h2-11,13,21H,12,19H2,1H3. The van der Waals surface area contributed by atoms with Crippen molar-refractivity contribution in [1.82, 2.24) is 4.98 Å². The van der Waals surface area contributed by atoms with E-state index in [9.17, 15) is 0 Å². The molecule has 0 aliphatic carbocycles. The van der Waals surface area contributed by atoms with Crippen LogP contribution >= 0.6 is 0 Å². The van der Waals surface area contributed by atoms with Crippen LogP contribution in [0.25, 0.3) is 10.9 Å². The molecule has 0 saturated heterocycles. The smallest absolute Gasteiger partial charge is 0.0953 e. The van der Waals surface area contributed by atoms with Crippen LogP contribution in [0, 0.1) is 0 Å². The number of nitrogens with one attached hydrogen (secondary N) is 1. The lowest BCUT2D eigenvalue weighted by molar-refractivity contribution is 0.791. The Morgan fingerprint density at radius 3 is 2.67 bits per heavy atom. The van der Waals surface area contributed by atoms with Gasteiger partial charge in [0.1, 0.15) is 0 Å². The van der Waals surface area contributed by atoms with Crippen molar-refractivity contribution < 1.29 is 0 Å². The number of hydrogen-bond donors (Lipinski definition) is 2. The van der Waals surface area contributed by atoms with E-state index in [4.69, 9.17) is 5.73 Å². The number of rotatable bonds is 4. The normalized spacial score (nSPS) is 12.2. The van der Waals surface area contributed by atoms with Gasteiger partial charge < -0.3 is 11.1 Å². The van der Waals surface area contributed by atoms with Gasteiger partial charge in [0.15, 0.2) is 0 Å². The highest BCUT2D eigenvalue weighted by Gasteiger charge is 2.08. The fourth-order valence-corrected chi connectivity index (χ4v) is 2.60. The number of benzene rings is 2. The number of aromatic nitrogens is 1. The quantitative estimate of drug-likeness (QED) is 0.712. The van der Waals surface area contributed by atoms with E-state index >= 15 is 0 Å². The third-order valence-corrected chi connectivity index (χ3v) is 3.59. The van der Waals surface area contributed by atoms with Crippen molar-refractivity contribution in [3.8, 4) is 0 Å². The lowest BCUT2D eigenvalue weighted by atomic mass is 10.1. The van der Waals surface area contributed by atoms with Gasteiger partial charge in [-0.2, -0.15) is 0 Å². The molecular weight excluding hydrogens is 258 g/mol. The Hall–Kier alpha value is -2.55. The molecule has 1 atom stereocenters. The summed E-state index contributed by atoms with van der Waals surface area (Å²) < 4.78 is 0. The molecule has 0 radical (unpaired) electrons. The molecule has 0 amide bonds. The van der Waals surface area contributed by atoms with Crippen molar-refractivity contribution in [2.75, 3.05) is 11.1 Å². The maximum atomic E-state index is 6.01. The Kier molecular flexibility index (Phi) is 3.73. The first-order chi connectivity index (χ1) is 10.2. The van der Waals surface area contributed by atoms with Gasteiger partial charge in [0.05, 0.1) is 11.2 Å². The van der Waals surface area contributed by atoms with Crippen LogP contribution in [-0.2, 0) is 6.42 Å². The average Bonchev–Trinajstić information content (AvgIpc) is 2.51. The first-order valence-corrected chi connectivity index (χ1v) is 7.18. The molecule has 0 spiro atoms. The second kappa shape index (κ2) is 5.83. The number of hydrogen-bond acceptors (Lipinski definition) is 3. The van der Waals surface area contributed by atoms with Gasteiger partial charge in [0.2, 0.25) is 0 Å². The van der Waals surface area contributed by atoms with Crippen molar-refractivity contribution in [2.24, 2.45) is 0 Å². The number of fused-ring (bicyclic) bond motifs is 1. The van der Waals surface area contributed by atoms with Gasteiger partial charge in [0.25, 0.3) is 0 Å². The summed E-state index contributed by atoms with van der Waals surface area (Å²) in [6.45, 7) is 2.18. The summed E-state index contributed by atoms with van der Waals surface area (Å²) in [4.78, 5) is 4.46. The first-order valence-electron chi connectivity index (χ1n) is 7.18. The van der Waals surface area contributed by atoms with Crippen molar-refractivity contribution >= 4 is 22.3 Å². The lowest BCUT2D eigenvalue weighted by Crippen LogP contribution is -2.18. The molecular formula is C18H19N3. The number of pyridine rings is 1. The largest absolute Gasteiger partial charge is 0.398 e. The minimum atomic E-state index is 0.321. The summed E-state index contributed by atoms with van der Waals surface area (Å²) in [7, 11) is 0. The van der Waals surface area contributed by atoms with E-state index in [0.717, 1.165) is 28.7 Å². The highest BCUT2D eigenvalue weighted by molar-refractivity contribution is 5.98. The third kappa shape index (κ3) is 2.97. The molecule has 3 rings (SSSR count). The first kappa shape index (κ1) is 13.4. The number of anilines is 2. The highest BCUT2D eigenvalue weighted by Crippen LogP contribution is 2.26. The zero-order valence-electron chi connectivity index (χ0n) is 12.1. The highest BCUT2D eigenvalue weighted by atomic mass is 14.9. The van der Waals surface area contributed by atoms with E-state index in [1.165, 1.54) is 5.56 Å². The van der Waals surface area contributed by atoms with E-state index in [1.807, 2.05) is 30.3 Å². The van der Waals surface area contributed by atoms with E-state index in [-0.39, 0.29) is 0 Å². The third-order valence-electron chi connectivity index (χ3n) is 3.59. The van der Waals surface area contributed by atoms with Gasteiger partial charge >= 0.3 is 0 Å². The van der Waals surface area contributed by atoms with Gasteiger partial charge in [-0.3, -0.25) is 4.98 Å². The van der Waals surface area contributed by atoms with Gasteiger partial charge in [-0.05, 0) is 43.2 Å². The maximum absolute atomic E-state index is 6.01. The zero-order valence-corrected chi connectivity index (χ0v) is 12.1. The Morgan fingerprint density at radius 2 is 1.86 bits per heavy atom. The molecule has 21 heavy (non-hydrogen) atoms. The minimum absolute atomic E-state index is 0.321. The fraction of sp³-hybridized carbons (Fsp3) is 0.167. The molecule has 0 bridgehead atoms. The van der Waals surface area contributed by atoms with Crippen molar-refractivity contribution in [3.63, 3.8) is 0 Å². The Morgan fingerprint density at radius 1 is 1.05 bits per heavy atom. The molecule has 1 heterocycles. The Labute approximate surface area is 124 Å². The molecule has 0 saturated carbocycles. The molecule has 3 heteroatoms. The summed E-state index contributed by atoms with van der Waals surface area (Å²) in [6, 6.07) is 18.7. The zero-order chi connectivity index (χ0) is 14.7. The molecule has 1 aromatic heterocycles. The van der Waals surface area contributed by atoms with Crippen LogP contribution in [-0.4, -0.2) is 11.0 Å². The molecule has 106 valence electrons. The van der Waals surface area contributed by atoms with Gasteiger partial charge in [-0.15, -0.1) is 0 Å². The van der Waals surface area contributed by atoms with E-state index in [0.29, 0.717) is 6.04 Å². The summed E-state index contributed by atoms with van der Waals surface area (Å²) in [6.07, 6.45) is 2.77. The van der Waals surface area contributed by atoms with Gasteiger partial charge in [-0.25, -0.2) is 0 Å². The number of nitrogen functional groups attached to an aromatic ring is 1. The van der Waals surface area contributed by atoms with Crippen LogP contribution in [0.15, 0.2) is 60.8 Å². The summed E-state index contributed by atoms with van der Waals surface area (Å²) in [5, 5.41) is 4.54. The van der Waals surface area contributed by atoms with E-state index in [2.05, 4.69) is 41.5 Å². The Bertz CT molecular complexity index is 738. The fourth-order valence-electron chi connectivity index (χ4n) is 2.60. The molecule has 0 aliphatic rings. The molecule has 0 fully saturated rings. The molecule has 1 unspecified atom stereocenters. The van der Waals surface area contributed by atoms with E-state index < -0.39 is 0 Å². The molecule has 3 N–H and O–H groups in total. The number of nitrogens with zero attached hydrogens (tertiary/aromatic N) is 1. The predicted molar refractivity (Wildman–Crippen MR) is 89.4 cm³/mol. The van der Waals surface area contributed by atoms with Crippen LogP contribution < -0.4 is 11.1 Å². The second-order valence-corrected chi connectivity index (χ2v) is 5.34. The summed E-state index contributed by atoms with van der Waals surface area (Å²) in [5.74, 6) is 0. The number of nitrogens with two attached hydrogens (primary N) is 1. The SMILES string of the molecule is CC(Cc1ccccc1)Nc1ccc(N)c2cccnc12. The molecule has 3 nitrogen and oxygen atoms in total. The van der Waals surface area contributed by atoms with Gasteiger partial charge in [0, 0.05) is 23.3 Å². The molecule has 0 aliphatic heterocycles. The molecule has 2 aromatic carbocycles. The Balaban J connectivity index is 1.83. The lowest BCUT2D eigenvalue weighted by Gasteiger charge is -2.17. The topological polar surface area (TPSA) is 50.9 Å². The summed E-state index contributed by atoms with van der Waals surface area (Å²) >= 11 is 0. The van der Waals surface area contributed by atoms with Crippen molar-refractivity contribution in [2.45, 2.75) is 19.4 Å². The maximum Gasteiger partial charge on any atom is 0.0953 e. The van der Waals surface area contributed by atoms with Crippen LogP contribution in [0.3, 0.4) is 0 Å². The van der Waals surface area contributed by atoms with E-state index in [1.54, 1.807) is 6.20 Å². The van der Waals surface area contributed by atoms with Crippen LogP contribution in [0.4, 0.5) is 11.4 Å². The molecule has 3 aromatic rings. The van der Waals surface area contributed by atoms with Crippen LogP contribution in [0.5, 0.6) is 0 Å². The second-order valence-electron chi connectivity index (χ2n) is 5.34.